The molecule has 102 heavy (non-hydrogen) atoms. The van der Waals surface area contributed by atoms with Gasteiger partial charge in [-0.15, -0.1) is 0 Å². The Hall–Kier alpha value is -13.4. The topological polar surface area (TPSA) is 26.3 Å². The molecule has 21 rings (SSSR count). The molecule has 472 valence electrons. The Kier molecular flexibility index (Phi) is 13.1. The largest absolute Gasteiger partial charge is 0.455 e. The van der Waals surface area contributed by atoms with Crippen LogP contribution in [0.15, 0.2) is 373 Å². The van der Waals surface area contributed by atoms with Crippen molar-refractivity contribution in [2.45, 2.75) is 0 Å². The molecule has 0 spiro atoms. The van der Waals surface area contributed by atoms with Crippen molar-refractivity contribution < 1.29 is 8.83 Å². The molecule has 0 aliphatic rings. The zero-order valence-corrected chi connectivity index (χ0v) is 55.5. The predicted octanol–water partition coefficient (Wildman–Crippen LogP) is 28.6. The lowest BCUT2D eigenvalue weighted by atomic mass is 9.82. The smallest absolute Gasteiger partial charge is 0.143 e. The van der Waals surface area contributed by atoms with E-state index in [1.165, 1.54) is 104 Å². The van der Waals surface area contributed by atoms with Gasteiger partial charge in [-0.2, -0.15) is 0 Å². The molecule has 0 aliphatic heterocycles. The van der Waals surface area contributed by atoms with E-state index in [1.807, 2.05) is 0 Å². The normalized spacial score (nSPS) is 11.9. The first-order valence-corrected chi connectivity index (χ1v) is 35.2. The summed E-state index contributed by atoms with van der Waals surface area (Å²) in [5, 5.41) is 20.5. The predicted molar refractivity (Wildman–Crippen MR) is 432 cm³/mol. The Balaban J connectivity index is 0.894. The first-order valence-electron chi connectivity index (χ1n) is 35.2. The molecule has 0 bridgehead atoms. The zero-order chi connectivity index (χ0) is 66.9. The quantitative estimate of drug-likeness (QED) is 0.135. The summed E-state index contributed by atoms with van der Waals surface area (Å²) >= 11 is 0. The minimum atomic E-state index is 0.822. The van der Waals surface area contributed by atoms with E-state index in [4.69, 9.17) is 8.83 Å². The van der Waals surface area contributed by atoms with Crippen LogP contribution < -0.4 is 0 Å². The molecular weight excluding hydrogens is 1230 g/mol. The van der Waals surface area contributed by atoms with E-state index in [2.05, 4.69) is 364 Å². The van der Waals surface area contributed by atoms with Crippen molar-refractivity contribution in [3.8, 4) is 100 Å². The second-order valence-corrected chi connectivity index (χ2v) is 27.1. The summed E-state index contributed by atoms with van der Waals surface area (Å²) in [6.45, 7) is 0. The SMILES string of the molecule is c1ccc(-c2cc(-c3ccccc3)cc(-c3c4ccccc4c(-c4cc5cc(-c6cc(-c7c8ccccc8c(-c8ccccc8)c8ccccc78)cc(-c7c8ccccc8c(-c8ccccc8)c8ccccc78)c6)c6oc7ccccc7c6c5c5c4oc4ccccc45)c4ccccc34)c2)cc1. The lowest BCUT2D eigenvalue weighted by molar-refractivity contribution is 0.670. The van der Waals surface area contributed by atoms with E-state index in [-0.39, 0.29) is 0 Å². The van der Waals surface area contributed by atoms with Crippen LogP contribution in [-0.4, -0.2) is 0 Å². The Labute approximate surface area is 588 Å². The molecule has 0 N–H and O–H groups in total. The molecule has 21 aromatic rings. The van der Waals surface area contributed by atoms with Crippen LogP contribution in [0.4, 0.5) is 0 Å². The molecule has 2 heterocycles. The summed E-state index contributed by atoms with van der Waals surface area (Å²) in [4.78, 5) is 0. The minimum absolute atomic E-state index is 0.822. The highest BCUT2D eigenvalue weighted by Crippen LogP contribution is 2.55. The zero-order valence-electron chi connectivity index (χ0n) is 55.5. The lowest BCUT2D eigenvalue weighted by Gasteiger charge is -2.21. The standard InChI is InChI=1S/C100H60O2/c1-5-29-61(30-6-1)65-53-66(62-31-7-2-8-32-62)55-68(54-65)92-80-45-21-23-47-82(80)96(83-48-24-22-46-81(83)92)87-60-71-59-86(99-97(84-49-25-27-51-88(84)101-99)95(71)98-85-50-26-28-52-89(85)102-100(87)98)67-56-69(93-76-41-17-13-37-72(76)90(63-33-9-3-10-34-63)73-38-14-18-42-77(73)93)58-70(57-67)94-78-43-19-15-39-74(78)91(64-35-11-4-12-36-64)75-40-16-20-44-79(75)94/h1-60H. The summed E-state index contributed by atoms with van der Waals surface area (Å²) in [6, 6.07) is 134. The van der Waals surface area contributed by atoms with Gasteiger partial charge in [-0.3, -0.25) is 0 Å². The molecular formula is C100H60O2. The maximum Gasteiger partial charge on any atom is 0.143 e. The average Bonchev–Trinajstić information content (AvgIpc) is 1.50. The van der Waals surface area contributed by atoms with Crippen molar-refractivity contribution in [1.29, 1.82) is 0 Å². The first-order chi connectivity index (χ1) is 50.6. The van der Waals surface area contributed by atoms with Crippen LogP contribution >= 0.6 is 0 Å². The average molecular weight is 1290 g/mol. The van der Waals surface area contributed by atoms with Crippen LogP contribution in [0.3, 0.4) is 0 Å². The molecule has 0 amide bonds. The van der Waals surface area contributed by atoms with E-state index in [0.717, 1.165) is 115 Å². The highest BCUT2D eigenvalue weighted by atomic mass is 16.3. The fourth-order valence-corrected chi connectivity index (χ4v) is 17.3. The molecule has 2 nitrogen and oxygen atoms in total. The third kappa shape index (κ3) is 8.93. The number of hydrogen-bond donors (Lipinski definition) is 0. The molecule has 2 heteroatoms. The number of fused-ring (bicyclic) bond motifs is 15. The summed E-state index contributed by atoms with van der Waals surface area (Å²) in [7, 11) is 0. The van der Waals surface area contributed by atoms with Crippen molar-refractivity contribution in [1.82, 2.24) is 0 Å². The summed E-state index contributed by atoms with van der Waals surface area (Å²) in [6.07, 6.45) is 0. The molecule has 2 aromatic heterocycles. The van der Waals surface area contributed by atoms with Crippen LogP contribution in [0.25, 0.3) is 219 Å². The van der Waals surface area contributed by atoms with E-state index in [9.17, 15) is 0 Å². The number of benzene rings is 19. The van der Waals surface area contributed by atoms with Crippen LogP contribution in [-0.2, 0) is 0 Å². The molecule has 0 fully saturated rings. The van der Waals surface area contributed by atoms with Crippen LogP contribution in [0.1, 0.15) is 0 Å². The molecule has 0 atom stereocenters. The van der Waals surface area contributed by atoms with Gasteiger partial charge in [0.05, 0.1) is 0 Å². The van der Waals surface area contributed by atoms with Crippen molar-refractivity contribution >= 4 is 119 Å². The van der Waals surface area contributed by atoms with Crippen LogP contribution in [0.2, 0.25) is 0 Å². The number of hydrogen-bond acceptors (Lipinski definition) is 2. The van der Waals surface area contributed by atoms with E-state index >= 15 is 0 Å². The maximum absolute atomic E-state index is 7.51. The van der Waals surface area contributed by atoms with Gasteiger partial charge in [0.25, 0.3) is 0 Å². The number of rotatable bonds is 9. The van der Waals surface area contributed by atoms with E-state index in [1.54, 1.807) is 0 Å². The fraction of sp³-hybridized carbons (Fsp3) is 0. The second-order valence-electron chi connectivity index (χ2n) is 27.1. The lowest BCUT2D eigenvalue weighted by Crippen LogP contribution is -1.94. The van der Waals surface area contributed by atoms with Gasteiger partial charge >= 0.3 is 0 Å². The summed E-state index contributed by atoms with van der Waals surface area (Å²) in [5.74, 6) is 0. The molecule has 0 aliphatic carbocycles. The minimum Gasteiger partial charge on any atom is -0.455 e. The highest BCUT2D eigenvalue weighted by molar-refractivity contribution is 6.36. The molecule has 0 radical (unpaired) electrons. The third-order valence-electron chi connectivity index (χ3n) is 21.5. The maximum atomic E-state index is 7.51. The molecule has 0 unspecified atom stereocenters. The van der Waals surface area contributed by atoms with Gasteiger partial charge < -0.3 is 8.83 Å². The Bertz CT molecular complexity index is 6610. The number of para-hydroxylation sites is 2. The van der Waals surface area contributed by atoms with Gasteiger partial charge in [0, 0.05) is 43.6 Å². The van der Waals surface area contributed by atoms with Gasteiger partial charge in [0.2, 0.25) is 0 Å². The Morgan fingerprint density at radius 2 is 0.382 bits per heavy atom. The third-order valence-corrected chi connectivity index (χ3v) is 21.5. The Morgan fingerprint density at radius 3 is 0.725 bits per heavy atom. The van der Waals surface area contributed by atoms with Gasteiger partial charge in [0.15, 0.2) is 0 Å². The summed E-state index contributed by atoms with van der Waals surface area (Å²) in [5.41, 5.74) is 23.9. The van der Waals surface area contributed by atoms with E-state index < -0.39 is 0 Å². The van der Waals surface area contributed by atoms with Gasteiger partial charge in [0.1, 0.15) is 22.3 Å². The monoisotopic (exact) mass is 1290 g/mol. The Morgan fingerprint density at radius 1 is 0.147 bits per heavy atom. The fourth-order valence-electron chi connectivity index (χ4n) is 17.3. The molecule has 0 saturated carbocycles. The molecule has 19 aromatic carbocycles. The summed E-state index contributed by atoms with van der Waals surface area (Å²) < 4.78 is 15.0. The van der Waals surface area contributed by atoms with Gasteiger partial charge in [-0.05, 0) is 214 Å². The first kappa shape index (κ1) is 57.6. The second kappa shape index (κ2) is 23.1. The molecule has 0 saturated heterocycles. The van der Waals surface area contributed by atoms with Crippen molar-refractivity contribution in [2.24, 2.45) is 0 Å². The van der Waals surface area contributed by atoms with Gasteiger partial charge in [-0.25, -0.2) is 0 Å². The van der Waals surface area contributed by atoms with Crippen molar-refractivity contribution in [3.63, 3.8) is 0 Å². The van der Waals surface area contributed by atoms with Crippen molar-refractivity contribution in [3.05, 3.63) is 364 Å². The van der Waals surface area contributed by atoms with Crippen molar-refractivity contribution in [2.75, 3.05) is 0 Å². The van der Waals surface area contributed by atoms with Crippen LogP contribution in [0.5, 0.6) is 0 Å². The van der Waals surface area contributed by atoms with Gasteiger partial charge in [-0.1, -0.05) is 303 Å². The highest BCUT2D eigenvalue weighted by Gasteiger charge is 2.29. The van der Waals surface area contributed by atoms with Crippen LogP contribution in [0, 0.1) is 0 Å². The number of furan rings is 2. The van der Waals surface area contributed by atoms with E-state index in [0.29, 0.717) is 0 Å².